The van der Waals surface area contributed by atoms with Gasteiger partial charge < -0.3 is 0 Å². The molecule has 0 unspecified atom stereocenters. The lowest BCUT2D eigenvalue weighted by Gasteiger charge is -2.16. The van der Waals surface area contributed by atoms with E-state index in [2.05, 4.69) is 24.2 Å². The second-order valence-electron chi connectivity index (χ2n) is 4.09. The van der Waals surface area contributed by atoms with Gasteiger partial charge in [-0.25, -0.2) is 0 Å². The zero-order chi connectivity index (χ0) is 11.6. The quantitative estimate of drug-likeness (QED) is 0.663. The summed E-state index contributed by atoms with van der Waals surface area (Å²) in [6.45, 7) is 7.35. The second kappa shape index (κ2) is 7.86. The van der Waals surface area contributed by atoms with Crippen LogP contribution in [0.5, 0.6) is 0 Å². The SMILES string of the molecule is C=CC1CCCCC1.C=Cc1ccccn1. The largest absolute Gasteiger partial charge is 0.257 e. The molecule has 1 fully saturated rings. The fourth-order valence-electron chi connectivity index (χ4n) is 1.87. The average molecular weight is 215 g/mol. The van der Waals surface area contributed by atoms with Crippen LogP contribution in [-0.4, -0.2) is 4.98 Å². The van der Waals surface area contributed by atoms with E-state index in [1.165, 1.54) is 32.1 Å². The molecule has 16 heavy (non-hydrogen) atoms. The van der Waals surface area contributed by atoms with Gasteiger partial charge in [0.15, 0.2) is 0 Å². The molecule has 1 aliphatic rings. The van der Waals surface area contributed by atoms with Crippen molar-refractivity contribution in [2.45, 2.75) is 32.1 Å². The molecule has 0 saturated heterocycles. The van der Waals surface area contributed by atoms with Crippen LogP contribution in [0.25, 0.3) is 6.08 Å². The van der Waals surface area contributed by atoms with E-state index in [-0.39, 0.29) is 0 Å². The van der Waals surface area contributed by atoms with Crippen LogP contribution < -0.4 is 0 Å². The molecule has 1 aliphatic carbocycles. The van der Waals surface area contributed by atoms with E-state index in [9.17, 15) is 0 Å². The third-order valence-electron chi connectivity index (χ3n) is 2.88. The maximum absolute atomic E-state index is 3.98. The van der Waals surface area contributed by atoms with Crippen molar-refractivity contribution >= 4 is 6.08 Å². The first kappa shape index (κ1) is 12.7. The Morgan fingerprint density at radius 2 is 1.88 bits per heavy atom. The standard InChI is InChI=1S/C8H14.C7H7N/c1-2-8-6-4-3-5-7-8;1-2-7-5-3-4-6-8-7/h2,8H,1,3-7H2;2-6H,1H2. The van der Waals surface area contributed by atoms with Crippen molar-refractivity contribution in [1.82, 2.24) is 4.98 Å². The minimum Gasteiger partial charge on any atom is -0.257 e. The Morgan fingerprint density at radius 3 is 2.25 bits per heavy atom. The van der Waals surface area contributed by atoms with Gasteiger partial charge in [0.25, 0.3) is 0 Å². The highest BCUT2D eigenvalue weighted by Crippen LogP contribution is 2.23. The Labute approximate surface area is 98.9 Å². The van der Waals surface area contributed by atoms with Crippen LogP contribution in [0.15, 0.2) is 43.6 Å². The third kappa shape index (κ3) is 4.92. The molecule has 1 saturated carbocycles. The number of nitrogens with zero attached hydrogens (tertiary/aromatic N) is 1. The van der Waals surface area contributed by atoms with Crippen LogP contribution in [0.1, 0.15) is 37.8 Å². The normalized spacial score (nSPS) is 15.8. The molecule has 0 spiro atoms. The number of aromatic nitrogens is 1. The number of hydrogen-bond donors (Lipinski definition) is 0. The molecule has 0 bridgehead atoms. The smallest absolute Gasteiger partial charge is 0.0623 e. The van der Waals surface area contributed by atoms with Gasteiger partial charge in [0.2, 0.25) is 0 Å². The summed E-state index contributed by atoms with van der Waals surface area (Å²) >= 11 is 0. The molecular weight excluding hydrogens is 194 g/mol. The summed E-state index contributed by atoms with van der Waals surface area (Å²) in [5.74, 6) is 0.851. The lowest BCUT2D eigenvalue weighted by molar-refractivity contribution is 0.420. The van der Waals surface area contributed by atoms with Crippen LogP contribution in [0, 0.1) is 5.92 Å². The van der Waals surface area contributed by atoms with E-state index in [1.54, 1.807) is 12.3 Å². The lowest BCUT2D eigenvalue weighted by Crippen LogP contribution is -2.01. The second-order valence-corrected chi connectivity index (χ2v) is 4.09. The first-order chi connectivity index (χ1) is 7.86. The fraction of sp³-hybridized carbons (Fsp3) is 0.400. The van der Waals surface area contributed by atoms with E-state index < -0.39 is 0 Å². The highest BCUT2D eigenvalue weighted by atomic mass is 14.6. The first-order valence-electron chi connectivity index (χ1n) is 6.03. The summed E-state index contributed by atoms with van der Waals surface area (Å²) in [4.78, 5) is 3.98. The molecular formula is C15H21N. The highest BCUT2D eigenvalue weighted by Gasteiger charge is 2.07. The molecule has 0 N–H and O–H groups in total. The van der Waals surface area contributed by atoms with Gasteiger partial charge in [-0.15, -0.1) is 6.58 Å². The van der Waals surface area contributed by atoms with Gasteiger partial charge >= 0.3 is 0 Å². The Balaban J connectivity index is 0.000000160. The maximum Gasteiger partial charge on any atom is 0.0623 e. The van der Waals surface area contributed by atoms with Gasteiger partial charge in [-0.2, -0.15) is 0 Å². The van der Waals surface area contributed by atoms with E-state index in [0.717, 1.165) is 11.6 Å². The van der Waals surface area contributed by atoms with Crippen molar-refractivity contribution in [2.24, 2.45) is 5.92 Å². The van der Waals surface area contributed by atoms with Gasteiger partial charge in [-0.05, 0) is 37.0 Å². The Bertz CT molecular complexity index is 296. The van der Waals surface area contributed by atoms with Crippen LogP contribution in [0.2, 0.25) is 0 Å². The molecule has 1 aromatic heterocycles. The minimum atomic E-state index is 0.851. The predicted molar refractivity (Wildman–Crippen MR) is 71.1 cm³/mol. The number of allylic oxidation sites excluding steroid dienone is 1. The highest BCUT2D eigenvalue weighted by molar-refractivity contribution is 5.40. The molecule has 1 heterocycles. The van der Waals surface area contributed by atoms with Crippen molar-refractivity contribution < 1.29 is 0 Å². The monoisotopic (exact) mass is 215 g/mol. The Kier molecular flexibility index (Phi) is 6.24. The zero-order valence-electron chi connectivity index (χ0n) is 9.94. The summed E-state index contributed by atoms with van der Waals surface area (Å²) in [6.07, 6.45) is 12.7. The van der Waals surface area contributed by atoms with Crippen LogP contribution in [-0.2, 0) is 0 Å². The van der Waals surface area contributed by atoms with Gasteiger partial charge in [0, 0.05) is 6.20 Å². The summed E-state index contributed by atoms with van der Waals surface area (Å²) in [5, 5.41) is 0. The molecule has 0 aromatic carbocycles. The third-order valence-corrected chi connectivity index (χ3v) is 2.88. The predicted octanol–water partition coefficient (Wildman–Crippen LogP) is 4.48. The summed E-state index contributed by atoms with van der Waals surface area (Å²) in [6, 6.07) is 5.73. The molecule has 0 amide bonds. The Morgan fingerprint density at radius 1 is 1.12 bits per heavy atom. The van der Waals surface area contributed by atoms with Crippen LogP contribution in [0.4, 0.5) is 0 Å². The first-order valence-corrected chi connectivity index (χ1v) is 6.03. The van der Waals surface area contributed by atoms with Crippen molar-refractivity contribution in [3.63, 3.8) is 0 Å². The molecule has 0 atom stereocenters. The summed E-state index contributed by atoms with van der Waals surface area (Å²) in [5.41, 5.74) is 0.924. The van der Waals surface area contributed by atoms with Gasteiger partial charge in [0.1, 0.15) is 0 Å². The van der Waals surface area contributed by atoms with E-state index in [1.807, 2.05) is 18.2 Å². The number of rotatable bonds is 2. The van der Waals surface area contributed by atoms with Crippen molar-refractivity contribution in [3.05, 3.63) is 49.3 Å². The fourth-order valence-corrected chi connectivity index (χ4v) is 1.87. The summed E-state index contributed by atoms with van der Waals surface area (Å²) in [7, 11) is 0. The van der Waals surface area contributed by atoms with Gasteiger partial charge in [0.05, 0.1) is 5.69 Å². The number of hydrogen-bond acceptors (Lipinski definition) is 1. The topological polar surface area (TPSA) is 12.9 Å². The van der Waals surface area contributed by atoms with Crippen molar-refractivity contribution in [2.75, 3.05) is 0 Å². The summed E-state index contributed by atoms with van der Waals surface area (Å²) < 4.78 is 0. The number of pyridine rings is 1. The van der Waals surface area contributed by atoms with Crippen molar-refractivity contribution in [1.29, 1.82) is 0 Å². The molecule has 2 rings (SSSR count). The van der Waals surface area contributed by atoms with E-state index >= 15 is 0 Å². The molecule has 1 aromatic rings. The maximum atomic E-state index is 3.98. The molecule has 0 aliphatic heterocycles. The lowest BCUT2D eigenvalue weighted by atomic mass is 9.90. The van der Waals surface area contributed by atoms with E-state index in [0.29, 0.717) is 0 Å². The molecule has 1 nitrogen and oxygen atoms in total. The van der Waals surface area contributed by atoms with Crippen molar-refractivity contribution in [3.8, 4) is 0 Å². The van der Waals surface area contributed by atoms with E-state index in [4.69, 9.17) is 0 Å². The Hall–Kier alpha value is -1.37. The zero-order valence-corrected chi connectivity index (χ0v) is 9.94. The molecule has 86 valence electrons. The minimum absolute atomic E-state index is 0.851. The van der Waals surface area contributed by atoms with Gasteiger partial charge in [-0.3, -0.25) is 4.98 Å². The molecule has 0 radical (unpaired) electrons. The van der Waals surface area contributed by atoms with Crippen LogP contribution >= 0.6 is 0 Å². The molecule has 1 heteroatoms. The van der Waals surface area contributed by atoms with Crippen LogP contribution in [0.3, 0.4) is 0 Å². The average Bonchev–Trinajstić information content (AvgIpc) is 2.41. The van der Waals surface area contributed by atoms with Gasteiger partial charge in [-0.1, -0.05) is 38.0 Å².